The van der Waals surface area contributed by atoms with Crippen LogP contribution in [0.3, 0.4) is 0 Å². The molecule has 2 amide bonds. The van der Waals surface area contributed by atoms with E-state index in [9.17, 15) is 9.59 Å². The number of hydrogen-bond acceptors (Lipinski definition) is 4. The second-order valence-electron chi connectivity index (χ2n) is 6.05. The van der Waals surface area contributed by atoms with Gasteiger partial charge in [-0.05, 0) is 24.3 Å². The number of piperazine rings is 2. The Bertz CT molecular complexity index is 559. The van der Waals surface area contributed by atoms with E-state index in [-0.39, 0.29) is 23.9 Å². The van der Waals surface area contributed by atoms with Crippen molar-refractivity contribution in [1.82, 2.24) is 14.7 Å². The summed E-state index contributed by atoms with van der Waals surface area (Å²) in [6, 6.07) is 3.75. The van der Waals surface area contributed by atoms with Gasteiger partial charge in [0.2, 0.25) is 11.8 Å². The van der Waals surface area contributed by atoms with Gasteiger partial charge in [-0.1, -0.05) is 6.07 Å². The highest BCUT2D eigenvalue weighted by molar-refractivity contribution is 7.09. The van der Waals surface area contributed by atoms with Crippen molar-refractivity contribution >= 4 is 23.2 Å². The zero-order valence-corrected chi connectivity index (χ0v) is 12.7. The lowest BCUT2D eigenvalue weighted by Crippen LogP contribution is -2.68. The van der Waals surface area contributed by atoms with Crippen molar-refractivity contribution in [2.45, 2.75) is 31.5 Å². The molecule has 2 atom stereocenters. The van der Waals surface area contributed by atoms with Gasteiger partial charge in [-0.2, -0.15) is 0 Å². The fraction of sp³-hybridized carbons (Fsp3) is 0.600. The third kappa shape index (κ3) is 2.17. The highest BCUT2D eigenvalue weighted by Gasteiger charge is 2.49. The van der Waals surface area contributed by atoms with Gasteiger partial charge in [-0.25, -0.2) is 0 Å². The van der Waals surface area contributed by atoms with Crippen LogP contribution in [0.25, 0.3) is 0 Å². The lowest BCUT2D eigenvalue weighted by molar-refractivity contribution is -0.163. The first-order valence-electron chi connectivity index (χ1n) is 7.60. The van der Waals surface area contributed by atoms with Crippen molar-refractivity contribution in [3.63, 3.8) is 0 Å². The summed E-state index contributed by atoms with van der Waals surface area (Å²) in [6.07, 6.45) is 1.80. The summed E-state index contributed by atoms with van der Waals surface area (Å²) in [6.45, 7) is 3.86. The highest BCUT2D eigenvalue weighted by Crippen LogP contribution is 2.29. The number of carbonyl (C=O) groups is 2. The number of hydrogen-bond donors (Lipinski definition) is 0. The molecule has 0 aromatic carbocycles. The van der Waals surface area contributed by atoms with E-state index in [0.29, 0.717) is 13.1 Å². The summed E-state index contributed by atoms with van der Waals surface area (Å²) in [7, 11) is 0. The Morgan fingerprint density at radius 3 is 2.71 bits per heavy atom. The van der Waals surface area contributed by atoms with Crippen LogP contribution in [0.4, 0.5) is 0 Å². The molecule has 4 rings (SSSR count). The molecule has 3 fully saturated rings. The van der Waals surface area contributed by atoms with Gasteiger partial charge in [-0.3, -0.25) is 14.5 Å². The molecule has 6 heteroatoms. The first-order chi connectivity index (χ1) is 10.2. The third-order valence-electron chi connectivity index (χ3n) is 4.81. The molecule has 3 saturated heterocycles. The predicted molar refractivity (Wildman–Crippen MR) is 79.8 cm³/mol. The van der Waals surface area contributed by atoms with Crippen molar-refractivity contribution in [3.05, 3.63) is 22.4 Å². The summed E-state index contributed by atoms with van der Waals surface area (Å²) in [4.78, 5) is 32.4. The predicted octanol–water partition coefficient (Wildman–Crippen LogP) is 0.765. The summed E-state index contributed by atoms with van der Waals surface area (Å²) < 4.78 is 0. The molecule has 0 spiro atoms. The highest BCUT2D eigenvalue weighted by atomic mass is 32.1. The van der Waals surface area contributed by atoms with Crippen molar-refractivity contribution in [1.29, 1.82) is 0 Å². The fourth-order valence-corrected chi connectivity index (χ4v) is 4.50. The molecule has 1 aromatic heterocycles. The van der Waals surface area contributed by atoms with E-state index >= 15 is 0 Å². The Kier molecular flexibility index (Phi) is 3.23. The number of fused-ring (bicyclic) bond motifs is 2. The van der Waals surface area contributed by atoms with Gasteiger partial charge >= 0.3 is 0 Å². The molecular weight excluding hydrogens is 286 g/mol. The second kappa shape index (κ2) is 5.10. The van der Waals surface area contributed by atoms with E-state index < -0.39 is 0 Å². The van der Waals surface area contributed by atoms with Crippen LogP contribution in [0.1, 0.15) is 17.7 Å². The van der Waals surface area contributed by atoms with E-state index in [4.69, 9.17) is 0 Å². The average molecular weight is 305 g/mol. The molecule has 4 heterocycles. The number of nitrogens with zero attached hydrogens (tertiary/aromatic N) is 3. The van der Waals surface area contributed by atoms with E-state index in [1.165, 1.54) is 4.88 Å². The maximum atomic E-state index is 12.6. The average Bonchev–Trinajstić information content (AvgIpc) is 3.16. The van der Waals surface area contributed by atoms with E-state index in [1.807, 2.05) is 9.80 Å². The molecule has 0 radical (unpaired) electrons. The zero-order chi connectivity index (χ0) is 14.4. The molecule has 0 aliphatic carbocycles. The van der Waals surface area contributed by atoms with Gasteiger partial charge in [-0.15, -0.1) is 11.3 Å². The Hall–Kier alpha value is -1.40. The molecule has 3 aliphatic rings. The van der Waals surface area contributed by atoms with E-state index in [2.05, 4.69) is 22.4 Å². The van der Waals surface area contributed by atoms with E-state index in [0.717, 1.165) is 32.5 Å². The van der Waals surface area contributed by atoms with Gasteiger partial charge in [0.25, 0.3) is 0 Å². The maximum absolute atomic E-state index is 12.6. The number of rotatable bonds is 2. The van der Waals surface area contributed by atoms with Gasteiger partial charge in [0.1, 0.15) is 12.1 Å². The number of thiophene rings is 1. The fourth-order valence-electron chi connectivity index (χ4n) is 3.75. The van der Waals surface area contributed by atoms with Crippen LogP contribution in [0, 0.1) is 0 Å². The molecule has 112 valence electrons. The largest absolute Gasteiger partial charge is 0.329 e. The molecule has 3 aliphatic heterocycles. The van der Waals surface area contributed by atoms with Crippen molar-refractivity contribution < 1.29 is 9.59 Å². The molecule has 0 unspecified atom stereocenters. The monoisotopic (exact) mass is 305 g/mol. The minimum absolute atomic E-state index is 0.160. The molecule has 0 saturated carbocycles. The van der Waals surface area contributed by atoms with Crippen LogP contribution in [0.15, 0.2) is 17.5 Å². The summed E-state index contributed by atoms with van der Waals surface area (Å²) in [5.41, 5.74) is 0. The van der Waals surface area contributed by atoms with E-state index in [1.54, 1.807) is 11.3 Å². The van der Waals surface area contributed by atoms with Crippen LogP contribution in [0.5, 0.6) is 0 Å². The summed E-state index contributed by atoms with van der Waals surface area (Å²) in [5, 5.41) is 2.08. The van der Waals surface area contributed by atoms with Crippen molar-refractivity contribution in [2.75, 3.05) is 26.2 Å². The quantitative estimate of drug-likeness (QED) is 0.810. The zero-order valence-electron chi connectivity index (χ0n) is 11.9. The summed E-state index contributed by atoms with van der Waals surface area (Å²) >= 11 is 1.75. The SMILES string of the molecule is O=C1[C@H]2CN(Cc3cccs3)CCN2C(=O)[C@H]2CCCN12. The summed E-state index contributed by atoms with van der Waals surface area (Å²) in [5.74, 6) is 0.334. The lowest BCUT2D eigenvalue weighted by atomic mass is 10.0. The maximum Gasteiger partial charge on any atom is 0.247 e. The van der Waals surface area contributed by atoms with Gasteiger partial charge in [0, 0.05) is 37.6 Å². The van der Waals surface area contributed by atoms with Crippen LogP contribution < -0.4 is 0 Å². The van der Waals surface area contributed by atoms with Gasteiger partial charge in [0.05, 0.1) is 0 Å². The number of carbonyl (C=O) groups excluding carboxylic acids is 2. The van der Waals surface area contributed by atoms with Crippen molar-refractivity contribution in [2.24, 2.45) is 0 Å². The smallest absolute Gasteiger partial charge is 0.247 e. The lowest BCUT2D eigenvalue weighted by Gasteiger charge is -2.47. The molecule has 1 aromatic rings. The van der Waals surface area contributed by atoms with Crippen LogP contribution in [-0.2, 0) is 16.1 Å². The first-order valence-corrected chi connectivity index (χ1v) is 8.48. The van der Waals surface area contributed by atoms with Crippen LogP contribution in [-0.4, -0.2) is 64.8 Å². The topological polar surface area (TPSA) is 43.9 Å². The van der Waals surface area contributed by atoms with Crippen LogP contribution >= 0.6 is 11.3 Å². The first kappa shape index (κ1) is 13.3. The molecule has 21 heavy (non-hydrogen) atoms. The number of amides is 2. The second-order valence-corrected chi connectivity index (χ2v) is 7.08. The van der Waals surface area contributed by atoms with Gasteiger partial charge < -0.3 is 9.80 Å². The Labute approximate surface area is 128 Å². The molecular formula is C15H19N3O2S. The molecule has 0 N–H and O–H groups in total. The standard InChI is InChI=1S/C15H19N3O2S/c19-14-12-4-1-5-17(12)15(20)13-10-16(6-7-18(13)14)9-11-3-2-8-21-11/h2-3,8,12-13H,1,4-7,9-10H2/t12-,13-/m1/s1. The minimum atomic E-state index is -0.263. The Balaban J connectivity index is 1.51. The molecule has 5 nitrogen and oxygen atoms in total. The normalized spacial score (nSPS) is 29.7. The van der Waals surface area contributed by atoms with Crippen LogP contribution in [0.2, 0.25) is 0 Å². The Morgan fingerprint density at radius 2 is 1.90 bits per heavy atom. The minimum Gasteiger partial charge on any atom is -0.329 e. The molecule has 0 bridgehead atoms. The third-order valence-corrected chi connectivity index (χ3v) is 5.67. The van der Waals surface area contributed by atoms with Crippen molar-refractivity contribution in [3.8, 4) is 0 Å². The van der Waals surface area contributed by atoms with Gasteiger partial charge in [0.15, 0.2) is 0 Å². The Morgan fingerprint density at radius 1 is 1.10 bits per heavy atom.